The third-order valence-corrected chi connectivity index (χ3v) is 8.28. The summed E-state index contributed by atoms with van der Waals surface area (Å²) in [6.07, 6.45) is -4.64. The van der Waals surface area contributed by atoms with Crippen LogP contribution in [0.25, 0.3) is 0 Å². The van der Waals surface area contributed by atoms with E-state index in [4.69, 9.17) is 4.52 Å². The van der Waals surface area contributed by atoms with Crippen LogP contribution in [0.5, 0.6) is 0 Å². The summed E-state index contributed by atoms with van der Waals surface area (Å²) in [6.45, 7) is 1.66. The van der Waals surface area contributed by atoms with E-state index in [1.807, 2.05) is 0 Å². The number of aliphatic hydroxyl groups is 1. The van der Waals surface area contributed by atoms with Crippen molar-refractivity contribution in [3.05, 3.63) is 81.9 Å². The number of allylic oxidation sites excluding steroid dienone is 1. The van der Waals surface area contributed by atoms with Crippen LogP contribution in [0.3, 0.4) is 0 Å². The molecule has 2 atom stereocenters. The zero-order valence-corrected chi connectivity index (χ0v) is 21.6. The number of nitrogens with zero attached hydrogens (tertiary/aromatic N) is 2. The van der Waals surface area contributed by atoms with Gasteiger partial charge in [0, 0.05) is 29.6 Å². The Morgan fingerprint density at radius 3 is 2.51 bits per heavy atom. The molecule has 0 saturated carbocycles. The monoisotopic (exact) mass is 557 g/mol. The van der Waals surface area contributed by atoms with Crippen LogP contribution in [-0.2, 0) is 27.8 Å². The van der Waals surface area contributed by atoms with Gasteiger partial charge in [-0.1, -0.05) is 41.6 Å². The van der Waals surface area contributed by atoms with Gasteiger partial charge < -0.3 is 14.9 Å². The minimum Gasteiger partial charge on any atom is -0.390 e. The Hall–Kier alpha value is -3.00. The number of aryl methyl sites for hydroxylation is 1. The first-order chi connectivity index (χ1) is 17.4. The maximum absolute atomic E-state index is 13.4. The molecular weight excluding hydrogens is 531 g/mol. The number of carbonyl (C=O) groups excluding carboxylic acids is 1. The molecule has 200 valence electrons. The number of hydrogen-bond acceptors (Lipinski definition) is 7. The highest BCUT2D eigenvalue weighted by Gasteiger charge is 2.34. The molecular formula is C24H26F3N3O5S2. The van der Waals surface area contributed by atoms with E-state index in [2.05, 4.69) is 10.5 Å². The molecule has 2 N–H and O–H groups in total. The molecule has 0 radical (unpaired) electrons. The number of halogens is 3. The molecule has 8 nitrogen and oxygen atoms in total. The summed E-state index contributed by atoms with van der Waals surface area (Å²) in [5.74, 6) is -0.995. The maximum atomic E-state index is 13.4. The van der Waals surface area contributed by atoms with Gasteiger partial charge in [-0.15, -0.1) is 11.3 Å². The number of carbonyl (C=O) groups is 1. The van der Waals surface area contributed by atoms with Crippen LogP contribution < -0.4 is 5.32 Å². The lowest BCUT2D eigenvalue weighted by molar-refractivity contribution is -0.119. The minimum absolute atomic E-state index is 0.0475. The third-order valence-electron chi connectivity index (χ3n) is 5.51. The SMILES string of the molecule is C/C(=C\C(=O)NC(Cc1ccccc1)C(O)CN(Cc1cccs1)S(=O)(=O)c1cnoc1C)C(F)(F)F. The average Bonchev–Trinajstić information content (AvgIpc) is 3.50. The van der Waals surface area contributed by atoms with E-state index in [0.29, 0.717) is 16.5 Å². The Kier molecular flexibility index (Phi) is 9.29. The Labute approximate surface area is 216 Å². The molecule has 37 heavy (non-hydrogen) atoms. The van der Waals surface area contributed by atoms with Crippen LogP contribution in [0.2, 0.25) is 0 Å². The molecule has 13 heteroatoms. The number of thiophene rings is 1. The molecule has 3 rings (SSSR count). The first-order valence-electron chi connectivity index (χ1n) is 11.1. The molecule has 2 unspecified atom stereocenters. The standard InChI is InChI=1S/C24H26F3N3O5S2/c1-16(24(25,26)27)11-23(32)29-20(12-18-7-4-3-5-8-18)21(31)15-30(14-19-9-6-10-36-19)37(33,34)22-13-28-35-17(22)2/h3-11,13,20-21,31H,12,14-15H2,1-2H3,(H,29,32)/b16-11+. The smallest absolute Gasteiger partial charge is 0.390 e. The van der Waals surface area contributed by atoms with Gasteiger partial charge in [0.1, 0.15) is 4.90 Å². The number of aromatic nitrogens is 1. The molecule has 0 bridgehead atoms. The predicted molar refractivity (Wildman–Crippen MR) is 131 cm³/mol. The lowest BCUT2D eigenvalue weighted by Crippen LogP contribution is -2.50. The molecule has 2 aromatic heterocycles. The summed E-state index contributed by atoms with van der Waals surface area (Å²) < 4.78 is 71.6. The number of nitrogens with one attached hydrogen (secondary N) is 1. The molecule has 0 aliphatic rings. The lowest BCUT2D eigenvalue weighted by atomic mass is 10.0. The fourth-order valence-corrected chi connectivity index (χ4v) is 5.80. The van der Waals surface area contributed by atoms with E-state index in [1.165, 1.54) is 18.3 Å². The lowest BCUT2D eigenvalue weighted by Gasteiger charge is -2.29. The van der Waals surface area contributed by atoms with Crippen LogP contribution in [0.4, 0.5) is 13.2 Å². The van der Waals surface area contributed by atoms with Gasteiger partial charge in [-0.3, -0.25) is 4.79 Å². The van der Waals surface area contributed by atoms with E-state index in [9.17, 15) is 31.5 Å². The van der Waals surface area contributed by atoms with E-state index >= 15 is 0 Å². The van der Waals surface area contributed by atoms with Crippen molar-refractivity contribution in [2.45, 2.75) is 50.0 Å². The molecule has 0 aliphatic heterocycles. The van der Waals surface area contributed by atoms with Crippen molar-refractivity contribution in [1.29, 1.82) is 0 Å². The summed E-state index contributed by atoms with van der Waals surface area (Å²) in [5, 5.41) is 18.9. The van der Waals surface area contributed by atoms with Crippen molar-refractivity contribution < 1.29 is 36.0 Å². The summed E-state index contributed by atoms with van der Waals surface area (Å²) in [5.41, 5.74) is -0.423. The Morgan fingerprint density at radius 2 is 1.95 bits per heavy atom. The van der Waals surface area contributed by atoms with Gasteiger partial charge in [-0.05, 0) is 37.3 Å². The average molecular weight is 558 g/mol. The molecule has 0 saturated heterocycles. The molecule has 0 spiro atoms. The number of alkyl halides is 3. The molecule has 1 aromatic carbocycles. The second-order valence-electron chi connectivity index (χ2n) is 8.32. The van der Waals surface area contributed by atoms with E-state index in [-0.39, 0.29) is 23.6 Å². The second-order valence-corrected chi connectivity index (χ2v) is 11.3. The predicted octanol–water partition coefficient (Wildman–Crippen LogP) is 3.83. The van der Waals surface area contributed by atoms with Gasteiger partial charge in [-0.25, -0.2) is 8.42 Å². The second kappa shape index (κ2) is 12.0. The topological polar surface area (TPSA) is 113 Å². The number of benzene rings is 1. The zero-order chi connectivity index (χ0) is 27.2. The van der Waals surface area contributed by atoms with Gasteiger partial charge >= 0.3 is 6.18 Å². The number of hydrogen-bond donors (Lipinski definition) is 2. The highest BCUT2D eigenvalue weighted by Crippen LogP contribution is 2.25. The van der Waals surface area contributed by atoms with Crippen molar-refractivity contribution in [1.82, 2.24) is 14.8 Å². The van der Waals surface area contributed by atoms with Crippen LogP contribution >= 0.6 is 11.3 Å². The fraction of sp³-hybridized carbons (Fsp3) is 0.333. The Bertz CT molecular complexity index is 1310. The van der Waals surface area contributed by atoms with Crippen LogP contribution in [0.1, 0.15) is 23.1 Å². The molecule has 1 amide bonds. The normalized spacial score (nSPS) is 14.5. The highest BCUT2D eigenvalue weighted by atomic mass is 32.2. The quantitative estimate of drug-likeness (QED) is 0.347. The molecule has 2 heterocycles. The highest BCUT2D eigenvalue weighted by molar-refractivity contribution is 7.89. The summed E-state index contributed by atoms with van der Waals surface area (Å²) in [6, 6.07) is 11.1. The molecule has 3 aromatic rings. The van der Waals surface area contributed by atoms with Gasteiger partial charge in [0.15, 0.2) is 5.76 Å². The number of aliphatic hydroxyl groups excluding tert-OH is 1. The molecule has 0 aliphatic carbocycles. The fourth-order valence-electron chi connectivity index (χ4n) is 3.49. The van der Waals surface area contributed by atoms with Crippen molar-refractivity contribution in [2.75, 3.05) is 6.54 Å². The van der Waals surface area contributed by atoms with Crippen LogP contribution in [0, 0.1) is 6.92 Å². The maximum Gasteiger partial charge on any atom is 0.412 e. The van der Waals surface area contributed by atoms with E-state index < -0.39 is 46.4 Å². The largest absolute Gasteiger partial charge is 0.412 e. The third kappa shape index (κ3) is 7.74. The summed E-state index contributed by atoms with van der Waals surface area (Å²) in [7, 11) is -4.18. The van der Waals surface area contributed by atoms with Crippen molar-refractivity contribution in [3.8, 4) is 0 Å². The van der Waals surface area contributed by atoms with Crippen LogP contribution in [0.15, 0.2) is 75.1 Å². The minimum atomic E-state index is -4.69. The van der Waals surface area contributed by atoms with Crippen molar-refractivity contribution in [2.24, 2.45) is 0 Å². The van der Waals surface area contributed by atoms with E-state index in [0.717, 1.165) is 17.4 Å². The Morgan fingerprint density at radius 1 is 1.24 bits per heavy atom. The van der Waals surface area contributed by atoms with Crippen molar-refractivity contribution in [3.63, 3.8) is 0 Å². The zero-order valence-electron chi connectivity index (χ0n) is 20.0. The van der Waals surface area contributed by atoms with Crippen LogP contribution in [-0.4, -0.2) is 53.8 Å². The Balaban J connectivity index is 1.90. The van der Waals surface area contributed by atoms with Gasteiger partial charge in [0.25, 0.3) is 0 Å². The van der Waals surface area contributed by atoms with Gasteiger partial charge in [0.05, 0.1) is 18.3 Å². The number of rotatable bonds is 11. The number of amides is 1. The van der Waals surface area contributed by atoms with Gasteiger partial charge in [-0.2, -0.15) is 17.5 Å². The first-order valence-corrected chi connectivity index (χ1v) is 13.4. The number of sulfonamides is 1. The summed E-state index contributed by atoms with van der Waals surface area (Å²) >= 11 is 1.32. The first kappa shape index (κ1) is 28.6. The van der Waals surface area contributed by atoms with Crippen molar-refractivity contribution >= 4 is 27.3 Å². The van der Waals surface area contributed by atoms with E-state index in [1.54, 1.807) is 47.8 Å². The van der Waals surface area contributed by atoms with Gasteiger partial charge in [0.2, 0.25) is 15.9 Å². The summed E-state index contributed by atoms with van der Waals surface area (Å²) in [4.78, 5) is 12.9. The molecule has 0 fully saturated rings.